The fraction of sp³-hybridized carbons (Fsp3) is 0.800. The maximum atomic E-state index is 5.58. The molecule has 1 aromatic rings. The fourth-order valence-corrected chi connectivity index (χ4v) is 7.21. The van der Waals surface area contributed by atoms with Crippen molar-refractivity contribution in [1.29, 1.82) is 0 Å². The molecule has 0 radical (unpaired) electrons. The molecule has 0 unspecified atom stereocenters. The number of methoxy groups -OCH3 is 1. The minimum atomic E-state index is 0. The largest absolute Gasteiger partial charge is 0.383 e. The van der Waals surface area contributed by atoms with Crippen molar-refractivity contribution in [3.8, 4) is 0 Å². The van der Waals surface area contributed by atoms with Crippen LogP contribution in [0.15, 0.2) is 18.2 Å². The van der Waals surface area contributed by atoms with Gasteiger partial charge in [0.05, 0.1) is 12.6 Å². The van der Waals surface area contributed by atoms with Gasteiger partial charge in [-0.2, -0.15) is 0 Å². The molecule has 35 heavy (non-hydrogen) atoms. The predicted octanol–water partition coefficient (Wildman–Crippen LogP) is 6.72. The van der Waals surface area contributed by atoms with Crippen LogP contribution < -0.4 is 9.80 Å². The average molecular weight is 504 g/mol. The third-order valence-electron chi connectivity index (χ3n) is 9.99. The summed E-state index contributed by atoms with van der Waals surface area (Å²) in [6.07, 6.45) is 13.7. The Morgan fingerprint density at radius 2 is 1.63 bits per heavy atom. The van der Waals surface area contributed by atoms with Gasteiger partial charge >= 0.3 is 0 Å². The van der Waals surface area contributed by atoms with Crippen LogP contribution in [0.4, 0.5) is 11.4 Å². The van der Waals surface area contributed by atoms with Crippen molar-refractivity contribution in [3.63, 3.8) is 0 Å². The number of hydrogen-bond acceptors (Lipinski definition) is 4. The van der Waals surface area contributed by atoms with Crippen molar-refractivity contribution in [2.75, 3.05) is 62.8 Å². The maximum Gasteiger partial charge on any atom is 0.0666 e. The first-order valence-corrected chi connectivity index (χ1v) is 14.5. The summed E-state index contributed by atoms with van der Waals surface area (Å²) in [5.41, 5.74) is 5.23. The Balaban J connectivity index is 0.00000289. The first-order chi connectivity index (χ1) is 16.6. The molecule has 4 nitrogen and oxygen atoms in total. The van der Waals surface area contributed by atoms with E-state index in [0.29, 0.717) is 17.4 Å². The van der Waals surface area contributed by atoms with Gasteiger partial charge in [0.25, 0.3) is 0 Å². The number of nitrogens with zero attached hydrogens (tertiary/aromatic N) is 3. The first kappa shape index (κ1) is 27.1. The van der Waals surface area contributed by atoms with Gasteiger partial charge in [0, 0.05) is 57.8 Å². The van der Waals surface area contributed by atoms with E-state index in [1.54, 1.807) is 11.3 Å². The molecule has 0 aromatic heterocycles. The van der Waals surface area contributed by atoms with Crippen molar-refractivity contribution < 1.29 is 4.74 Å². The Morgan fingerprint density at radius 3 is 2.26 bits per heavy atom. The SMILES string of the molecule is CCC1(CC)CCC(c2cc(N3CCC[C@H]3COC)ccc2N2CCN(CC3CC3)CC2)CC1.Cl. The molecule has 0 amide bonds. The minimum absolute atomic E-state index is 0. The van der Waals surface area contributed by atoms with Gasteiger partial charge in [-0.15, -0.1) is 12.4 Å². The molecule has 1 aromatic carbocycles. The lowest BCUT2D eigenvalue weighted by Gasteiger charge is -2.42. The summed E-state index contributed by atoms with van der Waals surface area (Å²) in [6.45, 7) is 13.0. The highest BCUT2D eigenvalue weighted by Gasteiger charge is 2.35. The maximum absolute atomic E-state index is 5.58. The molecule has 2 heterocycles. The van der Waals surface area contributed by atoms with Gasteiger partial charge < -0.3 is 14.5 Å². The van der Waals surface area contributed by atoms with Crippen LogP contribution in [0.25, 0.3) is 0 Å². The van der Waals surface area contributed by atoms with Crippen molar-refractivity contribution in [2.45, 2.75) is 90.0 Å². The van der Waals surface area contributed by atoms with E-state index in [1.807, 2.05) is 7.11 Å². The van der Waals surface area contributed by atoms with Gasteiger partial charge in [-0.3, -0.25) is 4.90 Å². The number of benzene rings is 1. The quantitative estimate of drug-likeness (QED) is 0.372. The number of rotatable bonds is 9. The van der Waals surface area contributed by atoms with Crippen LogP contribution in [0.5, 0.6) is 0 Å². The summed E-state index contributed by atoms with van der Waals surface area (Å²) >= 11 is 0. The molecule has 4 fully saturated rings. The third kappa shape index (κ3) is 6.13. The molecule has 2 aliphatic heterocycles. The van der Waals surface area contributed by atoms with E-state index in [1.165, 1.54) is 109 Å². The number of piperazine rings is 1. The molecule has 5 rings (SSSR count). The molecule has 0 spiro atoms. The number of ether oxygens (including phenoxy) is 1. The number of hydrogen-bond donors (Lipinski definition) is 0. The Hall–Kier alpha value is -0.970. The molecule has 0 bridgehead atoms. The molecule has 5 heteroatoms. The van der Waals surface area contributed by atoms with Gasteiger partial charge in [-0.25, -0.2) is 0 Å². The van der Waals surface area contributed by atoms with Crippen molar-refractivity contribution in [3.05, 3.63) is 23.8 Å². The van der Waals surface area contributed by atoms with Crippen molar-refractivity contribution in [1.82, 2.24) is 4.90 Å². The monoisotopic (exact) mass is 503 g/mol. The lowest BCUT2D eigenvalue weighted by Crippen LogP contribution is -2.47. The molecule has 0 N–H and O–H groups in total. The van der Waals surface area contributed by atoms with Crippen LogP contribution in [-0.2, 0) is 4.74 Å². The highest BCUT2D eigenvalue weighted by Crippen LogP contribution is 2.49. The van der Waals surface area contributed by atoms with Gasteiger partial charge in [-0.05, 0) is 92.4 Å². The summed E-state index contributed by atoms with van der Waals surface area (Å²) in [5, 5.41) is 0. The molecule has 2 saturated heterocycles. The molecular formula is C30H50ClN3O. The van der Waals surface area contributed by atoms with Crippen LogP contribution in [0.1, 0.15) is 89.5 Å². The van der Waals surface area contributed by atoms with Gasteiger partial charge in [0.2, 0.25) is 0 Å². The second-order valence-corrected chi connectivity index (χ2v) is 11.9. The topological polar surface area (TPSA) is 19.0 Å². The van der Waals surface area contributed by atoms with Crippen molar-refractivity contribution in [2.24, 2.45) is 11.3 Å². The van der Waals surface area contributed by atoms with Crippen LogP contribution in [0.3, 0.4) is 0 Å². The number of halogens is 1. The summed E-state index contributed by atoms with van der Waals surface area (Å²) in [4.78, 5) is 8.08. The van der Waals surface area contributed by atoms with E-state index in [2.05, 4.69) is 46.7 Å². The van der Waals surface area contributed by atoms with E-state index < -0.39 is 0 Å². The summed E-state index contributed by atoms with van der Waals surface area (Å²) in [7, 11) is 1.85. The smallest absolute Gasteiger partial charge is 0.0666 e. The highest BCUT2D eigenvalue weighted by atomic mass is 35.5. The zero-order valence-electron chi connectivity index (χ0n) is 22.6. The second-order valence-electron chi connectivity index (χ2n) is 11.9. The Morgan fingerprint density at radius 1 is 0.914 bits per heavy atom. The standard InChI is InChI=1S/C30H49N3O.ClH/c1-4-30(5-2)14-12-25(13-15-30)28-21-26(33-16-6-7-27(33)23-34-3)10-11-29(28)32-19-17-31(18-20-32)22-24-8-9-24;/h10-11,21,24-25,27H,4-9,12-20,22-23H2,1-3H3;1H/t27-;/m0./s1. The average Bonchev–Trinajstić information content (AvgIpc) is 3.58. The van der Waals surface area contributed by atoms with Crippen molar-refractivity contribution >= 4 is 23.8 Å². The Labute approximate surface area is 221 Å². The van der Waals surface area contributed by atoms with Gasteiger partial charge in [0.1, 0.15) is 0 Å². The lowest BCUT2D eigenvalue weighted by atomic mass is 9.66. The van der Waals surface area contributed by atoms with Crippen LogP contribution in [0, 0.1) is 11.3 Å². The normalized spacial score (nSPS) is 25.6. The Bertz CT molecular complexity index is 791. The summed E-state index contributed by atoms with van der Waals surface area (Å²) in [6, 6.07) is 8.06. The van der Waals surface area contributed by atoms with Gasteiger partial charge in [-0.1, -0.05) is 26.7 Å². The minimum Gasteiger partial charge on any atom is -0.383 e. The summed E-state index contributed by atoms with van der Waals surface area (Å²) in [5.74, 6) is 1.72. The van der Waals surface area contributed by atoms with Crippen LogP contribution in [0.2, 0.25) is 0 Å². The van der Waals surface area contributed by atoms with E-state index in [4.69, 9.17) is 4.74 Å². The molecule has 2 saturated carbocycles. The molecule has 4 aliphatic rings. The number of anilines is 2. The zero-order valence-corrected chi connectivity index (χ0v) is 23.5. The van der Waals surface area contributed by atoms with Crippen LogP contribution in [-0.4, -0.2) is 63.9 Å². The highest BCUT2D eigenvalue weighted by molar-refractivity contribution is 5.85. The van der Waals surface area contributed by atoms with E-state index >= 15 is 0 Å². The lowest BCUT2D eigenvalue weighted by molar-refractivity contribution is 0.159. The van der Waals surface area contributed by atoms with E-state index in [-0.39, 0.29) is 12.4 Å². The molecule has 198 valence electrons. The molecule has 2 aliphatic carbocycles. The van der Waals surface area contributed by atoms with E-state index in [0.717, 1.165) is 12.5 Å². The third-order valence-corrected chi connectivity index (χ3v) is 9.99. The molecule has 1 atom stereocenters. The fourth-order valence-electron chi connectivity index (χ4n) is 7.21. The predicted molar refractivity (Wildman–Crippen MR) is 152 cm³/mol. The van der Waals surface area contributed by atoms with E-state index in [9.17, 15) is 0 Å². The Kier molecular flexibility index (Phi) is 9.32. The second kappa shape index (κ2) is 12.0. The van der Waals surface area contributed by atoms with Crippen LogP contribution >= 0.6 is 12.4 Å². The zero-order chi connectivity index (χ0) is 23.5. The first-order valence-electron chi connectivity index (χ1n) is 14.5. The summed E-state index contributed by atoms with van der Waals surface area (Å²) < 4.78 is 5.58. The molecular weight excluding hydrogens is 454 g/mol. The van der Waals surface area contributed by atoms with Gasteiger partial charge in [0.15, 0.2) is 0 Å².